The van der Waals surface area contributed by atoms with Gasteiger partial charge in [0.05, 0.1) is 0 Å². The minimum atomic E-state index is -0.122. The summed E-state index contributed by atoms with van der Waals surface area (Å²) in [6.45, 7) is 5.15. The summed E-state index contributed by atoms with van der Waals surface area (Å²) >= 11 is 0. The van der Waals surface area contributed by atoms with Crippen LogP contribution in [-0.4, -0.2) is 48.1 Å². The van der Waals surface area contributed by atoms with Crippen molar-refractivity contribution < 1.29 is 4.79 Å². The van der Waals surface area contributed by atoms with Gasteiger partial charge < -0.3 is 21.0 Å². The Morgan fingerprint density at radius 3 is 2.50 bits per heavy atom. The largest absolute Gasteiger partial charge is 0.368 e. The minimum Gasteiger partial charge on any atom is -0.368 e. The van der Waals surface area contributed by atoms with Gasteiger partial charge in [0.25, 0.3) is 0 Å². The lowest BCUT2D eigenvalue weighted by molar-refractivity contribution is 0.218. The zero-order chi connectivity index (χ0) is 15.1. The predicted octanol–water partition coefficient (Wildman–Crippen LogP) is 0.569. The number of nitrogens with zero attached hydrogens (tertiary/aromatic N) is 3. The van der Waals surface area contributed by atoms with Crippen LogP contribution in [0.4, 0.5) is 16.4 Å². The van der Waals surface area contributed by atoms with Gasteiger partial charge in [-0.05, 0) is 5.92 Å². The Balaban J connectivity index is 2.62. The molecule has 0 spiro atoms. The summed E-state index contributed by atoms with van der Waals surface area (Å²) in [4.78, 5) is 21.2. The minimum absolute atomic E-state index is 0.122. The van der Waals surface area contributed by atoms with E-state index in [0.29, 0.717) is 18.9 Å². The molecule has 0 aliphatic rings. The number of hydrazine groups is 1. The molecule has 0 radical (unpaired) electrons. The van der Waals surface area contributed by atoms with Crippen molar-refractivity contribution >= 4 is 17.7 Å². The van der Waals surface area contributed by atoms with Gasteiger partial charge in [-0.15, -0.1) is 0 Å². The molecule has 0 atom stereocenters. The second-order valence-electron chi connectivity index (χ2n) is 4.84. The lowest BCUT2D eigenvalue weighted by atomic mass is 10.0. The van der Waals surface area contributed by atoms with E-state index < -0.39 is 0 Å². The number of hydrogen-bond donors (Lipinski definition) is 4. The van der Waals surface area contributed by atoms with Crippen molar-refractivity contribution in [2.24, 2.45) is 5.84 Å². The third-order valence-corrected chi connectivity index (χ3v) is 2.70. The highest BCUT2D eigenvalue weighted by atomic mass is 16.2. The van der Waals surface area contributed by atoms with Crippen LogP contribution in [0.5, 0.6) is 0 Å². The number of nitrogens with one attached hydrogen (secondary N) is 3. The van der Waals surface area contributed by atoms with Crippen molar-refractivity contribution in [2.75, 3.05) is 37.9 Å². The van der Waals surface area contributed by atoms with Gasteiger partial charge in [-0.2, -0.15) is 0 Å². The molecule has 1 aromatic rings. The highest BCUT2D eigenvalue weighted by molar-refractivity contribution is 5.73. The molecule has 0 bridgehead atoms. The van der Waals surface area contributed by atoms with Gasteiger partial charge in [-0.3, -0.25) is 0 Å². The van der Waals surface area contributed by atoms with Gasteiger partial charge in [-0.1, -0.05) is 13.8 Å². The number of aromatic nitrogens is 2. The standard InChI is InChI=1S/C12H23N7O/c1-8(2)9-10(16-7-17-11(9)18-13)14-5-6-15-12(20)19(3)4/h7-8H,5-6,13H2,1-4H3,(H,15,20)(H2,14,16,17,18). The highest BCUT2D eigenvalue weighted by Gasteiger charge is 2.14. The maximum Gasteiger partial charge on any atom is 0.316 e. The molecule has 0 saturated heterocycles. The predicted molar refractivity (Wildman–Crippen MR) is 79.5 cm³/mol. The first-order valence-electron chi connectivity index (χ1n) is 6.47. The van der Waals surface area contributed by atoms with E-state index in [1.54, 1.807) is 14.1 Å². The fourth-order valence-corrected chi connectivity index (χ4v) is 1.71. The van der Waals surface area contributed by atoms with Gasteiger partial charge in [0, 0.05) is 32.7 Å². The number of rotatable bonds is 6. The number of carbonyl (C=O) groups is 1. The Bertz CT molecular complexity index is 447. The third kappa shape index (κ3) is 4.23. The summed E-state index contributed by atoms with van der Waals surface area (Å²) in [6, 6.07) is -0.122. The fourth-order valence-electron chi connectivity index (χ4n) is 1.71. The summed E-state index contributed by atoms with van der Waals surface area (Å²) in [7, 11) is 3.40. The first-order chi connectivity index (χ1) is 9.47. The average molecular weight is 281 g/mol. The number of nitrogen functional groups attached to an aromatic ring is 1. The van der Waals surface area contributed by atoms with Crippen molar-refractivity contribution in [3.8, 4) is 0 Å². The van der Waals surface area contributed by atoms with Crippen LogP contribution in [0.15, 0.2) is 6.33 Å². The lowest BCUT2D eigenvalue weighted by Gasteiger charge is -2.17. The molecule has 1 heterocycles. The molecule has 0 aliphatic heterocycles. The topological polar surface area (TPSA) is 108 Å². The number of anilines is 2. The van der Waals surface area contributed by atoms with Crippen LogP contribution in [0.25, 0.3) is 0 Å². The Morgan fingerprint density at radius 1 is 1.30 bits per heavy atom. The summed E-state index contributed by atoms with van der Waals surface area (Å²) in [5.74, 6) is 7.01. The van der Waals surface area contributed by atoms with E-state index in [1.165, 1.54) is 11.2 Å². The molecule has 0 aromatic carbocycles. The first kappa shape index (κ1) is 16.0. The molecule has 1 rings (SSSR count). The summed E-state index contributed by atoms with van der Waals surface area (Å²) in [5, 5.41) is 5.95. The van der Waals surface area contributed by atoms with Crippen LogP contribution in [0.2, 0.25) is 0 Å². The molecular weight excluding hydrogens is 258 g/mol. The molecule has 0 unspecified atom stereocenters. The van der Waals surface area contributed by atoms with Crippen molar-refractivity contribution in [3.63, 3.8) is 0 Å². The Hall–Kier alpha value is -2.09. The smallest absolute Gasteiger partial charge is 0.316 e. The van der Waals surface area contributed by atoms with E-state index in [1.807, 2.05) is 13.8 Å². The quantitative estimate of drug-likeness (QED) is 0.345. The second kappa shape index (κ2) is 7.49. The molecule has 112 valence electrons. The first-order valence-corrected chi connectivity index (χ1v) is 6.47. The molecule has 0 aliphatic carbocycles. The van der Waals surface area contributed by atoms with Crippen LogP contribution in [0.3, 0.4) is 0 Å². The summed E-state index contributed by atoms with van der Waals surface area (Å²) in [5.41, 5.74) is 3.50. The monoisotopic (exact) mass is 281 g/mol. The molecule has 0 saturated carbocycles. The normalized spacial score (nSPS) is 10.3. The fraction of sp³-hybridized carbons (Fsp3) is 0.583. The van der Waals surface area contributed by atoms with E-state index in [4.69, 9.17) is 5.84 Å². The number of nitrogens with two attached hydrogens (primary N) is 1. The van der Waals surface area contributed by atoms with Gasteiger partial charge in [0.15, 0.2) is 0 Å². The number of amides is 2. The third-order valence-electron chi connectivity index (χ3n) is 2.70. The van der Waals surface area contributed by atoms with Gasteiger partial charge in [0.2, 0.25) is 0 Å². The molecule has 1 aromatic heterocycles. The number of hydrogen-bond acceptors (Lipinski definition) is 6. The van der Waals surface area contributed by atoms with Crippen LogP contribution in [0, 0.1) is 0 Å². The zero-order valence-electron chi connectivity index (χ0n) is 12.4. The molecule has 2 amide bonds. The molecule has 8 heteroatoms. The number of urea groups is 1. The highest BCUT2D eigenvalue weighted by Crippen LogP contribution is 2.27. The van der Waals surface area contributed by atoms with Crippen molar-refractivity contribution in [2.45, 2.75) is 19.8 Å². The average Bonchev–Trinajstić information content (AvgIpc) is 2.42. The Kier molecular flexibility index (Phi) is 5.98. The summed E-state index contributed by atoms with van der Waals surface area (Å²) < 4.78 is 0. The number of carbonyl (C=O) groups excluding carboxylic acids is 1. The van der Waals surface area contributed by atoms with Crippen molar-refractivity contribution in [3.05, 3.63) is 11.9 Å². The van der Waals surface area contributed by atoms with Crippen molar-refractivity contribution in [1.29, 1.82) is 0 Å². The second-order valence-corrected chi connectivity index (χ2v) is 4.84. The zero-order valence-corrected chi connectivity index (χ0v) is 12.4. The van der Waals surface area contributed by atoms with Crippen LogP contribution in [0.1, 0.15) is 25.3 Å². The van der Waals surface area contributed by atoms with E-state index in [0.717, 1.165) is 11.4 Å². The molecule has 5 N–H and O–H groups in total. The molecule has 20 heavy (non-hydrogen) atoms. The van der Waals surface area contributed by atoms with Crippen molar-refractivity contribution in [1.82, 2.24) is 20.2 Å². The van der Waals surface area contributed by atoms with Crippen LogP contribution >= 0.6 is 0 Å². The lowest BCUT2D eigenvalue weighted by Crippen LogP contribution is -2.37. The van der Waals surface area contributed by atoms with Gasteiger partial charge in [0.1, 0.15) is 18.0 Å². The van der Waals surface area contributed by atoms with E-state index >= 15 is 0 Å². The maximum absolute atomic E-state index is 11.4. The molecular formula is C12H23N7O. The Labute approximate surface area is 119 Å². The van der Waals surface area contributed by atoms with E-state index in [9.17, 15) is 4.79 Å². The summed E-state index contributed by atoms with van der Waals surface area (Å²) in [6.07, 6.45) is 1.45. The SMILES string of the molecule is CC(C)c1c(NN)ncnc1NCCNC(=O)N(C)C. The molecule has 8 nitrogen and oxygen atoms in total. The van der Waals surface area contributed by atoms with Gasteiger partial charge in [-0.25, -0.2) is 20.6 Å². The van der Waals surface area contributed by atoms with E-state index in [2.05, 4.69) is 26.0 Å². The maximum atomic E-state index is 11.4. The van der Waals surface area contributed by atoms with E-state index in [-0.39, 0.29) is 11.9 Å². The van der Waals surface area contributed by atoms with Gasteiger partial charge >= 0.3 is 6.03 Å². The Morgan fingerprint density at radius 2 is 1.95 bits per heavy atom. The van der Waals surface area contributed by atoms with Crippen LogP contribution in [-0.2, 0) is 0 Å². The molecule has 0 fully saturated rings. The van der Waals surface area contributed by atoms with Crippen LogP contribution < -0.4 is 21.9 Å².